The molecule has 49 heavy (non-hydrogen) atoms. The number of aromatic nitrogens is 2. The van der Waals surface area contributed by atoms with Gasteiger partial charge in [-0.2, -0.15) is 0 Å². The number of ketones is 1. The number of nitrogens with one attached hydrogen (secondary N) is 1. The number of carbonyl (C=O) groups excluding carboxylic acids is 2. The highest BCUT2D eigenvalue weighted by atomic mass is 32.1. The lowest BCUT2D eigenvalue weighted by Gasteiger charge is -2.38. The highest BCUT2D eigenvalue weighted by Gasteiger charge is 2.32. The number of hydrogen-bond acceptors (Lipinski definition) is 6. The van der Waals surface area contributed by atoms with Gasteiger partial charge in [0.05, 0.1) is 4.88 Å². The average molecular weight is 686 g/mol. The number of Topliss-reactive ketones (excluding diaryl/α,β-unsaturated/α-hetero) is 1. The van der Waals surface area contributed by atoms with E-state index >= 15 is 0 Å². The van der Waals surface area contributed by atoms with Crippen LogP contribution >= 0.6 is 11.3 Å². The minimum atomic E-state index is -1.12. The number of carboxylic acids is 1. The monoisotopic (exact) mass is 685 g/mol. The van der Waals surface area contributed by atoms with Crippen LogP contribution in [0.3, 0.4) is 0 Å². The number of rotatable bonds is 13. The van der Waals surface area contributed by atoms with Crippen molar-refractivity contribution in [3.63, 3.8) is 0 Å². The standard InChI is InChI=1S/C41H55N3O4S/c1-6-7-27-8-12-29(13-9-27)30-16-18-31(19-17-30)34-24-42-38(43-25-34)32-14-10-28(11-15-32)22-33(39(46)44-26(2)40(47)48)23-35(45)36-20-21-37(49-36)41(3,4)5/h10-11,14-15,20-21,24-27,29-31,33H,6-9,12-13,16-19,22-23H2,1-5H3,(H,44,46)(H,47,48)/t26-,27?,29?,30?,31?,33-/m1/s1. The number of carboxylic acid groups (broad SMARTS) is 1. The Bertz CT molecular complexity index is 1540. The Morgan fingerprint density at radius 1 is 0.898 bits per heavy atom. The summed E-state index contributed by atoms with van der Waals surface area (Å²) in [6.45, 7) is 10.0. The Morgan fingerprint density at radius 2 is 1.51 bits per heavy atom. The van der Waals surface area contributed by atoms with E-state index in [1.807, 2.05) is 48.8 Å². The first-order valence-corrected chi connectivity index (χ1v) is 19.3. The van der Waals surface area contributed by atoms with Gasteiger partial charge in [0.2, 0.25) is 5.91 Å². The van der Waals surface area contributed by atoms with Gasteiger partial charge < -0.3 is 10.4 Å². The number of amides is 1. The summed E-state index contributed by atoms with van der Waals surface area (Å²) in [5.41, 5.74) is 2.94. The maximum atomic E-state index is 13.3. The van der Waals surface area contributed by atoms with Gasteiger partial charge in [-0.3, -0.25) is 14.4 Å². The zero-order valence-corrected chi connectivity index (χ0v) is 30.9. The maximum Gasteiger partial charge on any atom is 0.325 e. The fourth-order valence-electron chi connectivity index (χ4n) is 7.92. The van der Waals surface area contributed by atoms with Gasteiger partial charge in [-0.05, 0) is 104 Å². The smallest absolute Gasteiger partial charge is 0.325 e. The van der Waals surface area contributed by atoms with Gasteiger partial charge in [0.1, 0.15) is 6.04 Å². The Kier molecular flexibility index (Phi) is 12.5. The summed E-state index contributed by atoms with van der Waals surface area (Å²) >= 11 is 1.45. The summed E-state index contributed by atoms with van der Waals surface area (Å²) in [5.74, 6) is 1.61. The SMILES string of the molecule is CCCC1CCC(C2CCC(c3cnc(-c4ccc(C[C@H](CC(=O)c5ccc(C(C)(C)C)s5)C(=O)N[C@H](C)C(=O)O)cc4)nc3)CC2)CC1. The van der Waals surface area contributed by atoms with Crippen molar-refractivity contribution in [2.45, 2.75) is 129 Å². The predicted molar refractivity (Wildman–Crippen MR) is 197 cm³/mol. The van der Waals surface area contributed by atoms with Gasteiger partial charge in [-0.1, -0.05) is 77.6 Å². The molecule has 8 heteroatoms. The summed E-state index contributed by atoms with van der Waals surface area (Å²) in [6, 6.07) is 10.5. The molecule has 1 aromatic carbocycles. The van der Waals surface area contributed by atoms with Gasteiger partial charge in [-0.25, -0.2) is 9.97 Å². The lowest BCUT2D eigenvalue weighted by Crippen LogP contribution is -2.42. The largest absolute Gasteiger partial charge is 0.480 e. The molecule has 0 aliphatic heterocycles. The predicted octanol–water partition coefficient (Wildman–Crippen LogP) is 9.40. The Balaban J connectivity index is 1.18. The van der Waals surface area contributed by atoms with Crippen molar-refractivity contribution < 1.29 is 19.5 Å². The maximum absolute atomic E-state index is 13.3. The Morgan fingerprint density at radius 3 is 2.06 bits per heavy atom. The number of carbonyl (C=O) groups is 3. The molecule has 2 aliphatic carbocycles. The molecule has 2 fully saturated rings. The molecule has 0 unspecified atom stereocenters. The van der Waals surface area contributed by atoms with Crippen molar-refractivity contribution in [3.8, 4) is 11.4 Å². The molecule has 2 aromatic heterocycles. The lowest BCUT2D eigenvalue weighted by atomic mass is 9.68. The van der Waals surface area contributed by atoms with Crippen molar-refractivity contribution in [1.29, 1.82) is 0 Å². The van der Waals surface area contributed by atoms with Crippen LogP contribution < -0.4 is 5.32 Å². The molecule has 3 aromatic rings. The van der Waals surface area contributed by atoms with E-state index in [-0.39, 0.29) is 17.6 Å². The number of hydrogen-bond donors (Lipinski definition) is 2. The molecular weight excluding hydrogens is 631 g/mol. The Hall–Kier alpha value is -3.39. The first kappa shape index (κ1) is 36.9. The van der Waals surface area contributed by atoms with Crippen molar-refractivity contribution in [1.82, 2.24) is 15.3 Å². The van der Waals surface area contributed by atoms with Crippen molar-refractivity contribution in [2.75, 3.05) is 0 Å². The molecule has 7 nitrogen and oxygen atoms in total. The molecule has 2 saturated carbocycles. The molecule has 264 valence electrons. The molecule has 2 atom stereocenters. The second kappa shape index (κ2) is 16.5. The normalized spacial score (nSPS) is 22.6. The molecule has 1 amide bonds. The summed E-state index contributed by atoms with van der Waals surface area (Å²) in [6.07, 6.45) is 17.9. The van der Waals surface area contributed by atoms with Crippen molar-refractivity contribution in [3.05, 3.63) is 69.7 Å². The first-order valence-electron chi connectivity index (χ1n) is 18.5. The van der Waals surface area contributed by atoms with Gasteiger partial charge in [0.25, 0.3) is 0 Å². The second-order valence-electron chi connectivity index (χ2n) is 15.7. The van der Waals surface area contributed by atoms with Crippen LogP contribution in [0.1, 0.15) is 137 Å². The quantitative estimate of drug-likeness (QED) is 0.174. The highest BCUT2D eigenvalue weighted by Crippen LogP contribution is 2.44. The zero-order valence-electron chi connectivity index (χ0n) is 30.0. The van der Waals surface area contributed by atoms with Crippen LogP contribution in [0.4, 0.5) is 0 Å². The first-order chi connectivity index (χ1) is 23.4. The fraction of sp³-hybridized carbons (Fsp3) is 0.585. The van der Waals surface area contributed by atoms with Crippen LogP contribution in [-0.2, 0) is 21.4 Å². The van der Waals surface area contributed by atoms with E-state index in [2.05, 4.69) is 33.0 Å². The van der Waals surface area contributed by atoms with Crippen molar-refractivity contribution in [2.24, 2.45) is 23.7 Å². The molecule has 2 N–H and O–H groups in total. The van der Waals surface area contributed by atoms with Crippen LogP contribution in [0, 0.1) is 23.7 Å². The number of nitrogens with zero attached hydrogens (tertiary/aromatic N) is 2. The third kappa shape index (κ3) is 9.87. The minimum Gasteiger partial charge on any atom is -0.480 e. The molecule has 2 heterocycles. The molecule has 0 bridgehead atoms. The fourth-order valence-corrected chi connectivity index (χ4v) is 8.93. The topological polar surface area (TPSA) is 109 Å². The lowest BCUT2D eigenvalue weighted by molar-refractivity contribution is -0.141. The molecular formula is C41H55N3O4S. The summed E-state index contributed by atoms with van der Waals surface area (Å²) in [5, 5.41) is 11.9. The minimum absolute atomic E-state index is 0.00339. The van der Waals surface area contributed by atoms with E-state index in [0.717, 1.165) is 33.8 Å². The van der Waals surface area contributed by atoms with Gasteiger partial charge >= 0.3 is 5.97 Å². The number of aliphatic carboxylic acids is 1. The molecule has 5 rings (SSSR count). The van der Waals surface area contributed by atoms with Gasteiger partial charge in [-0.15, -0.1) is 11.3 Å². The molecule has 2 aliphatic rings. The molecule has 0 saturated heterocycles. The average Bonchev–Trinajstić information content (AvgIpc) is 3.61. The van der Waals surface area contributed by atoms with Crippen LogP contribution in [0.15, 0.2) is 48.8 Å². The van der Waals surface area contributed by atoms with Gasteiger partial charge in [0.15, 0.2) is 11.6 Å². The van der Waals surface area contributed by atoms with E-state index in [1.54, 1.807) is 0 Å². The van der Waals surface area contributed by atoms with Crippen LogP contribution in [-0.4, -0.2) is 38.8 Å². The van der Waals surface area contributed by atoms with Crippen LogP contribution in [0.2, 0.25) is 0 Å². The zero-order chi connectivity index (χ0) is 35.1. The number of thiophene rings is 1. The Labute approximate surface area is 296 Å². The molecule has 0 radical (unpaired) electrons. The second-order valence-corrected chi connectivity index (χ2v) is 16.8. The van der Waals surface area contributed by atoms with E-state index in [9.17, 15) is 19.5 Å². The third-order valence-electron chi connectivity index (χ3n) is 11.0. The highest BCUT2D eigenvalue weighted by molar-refractivity contribution is 7.14. The van der Waals surface area contributed by atoms with Gasteiger partial charge in [0, 0.05) is 35.2 Å². The number of benzene rings is 1. The molecule has 0 spiro atoms. The summed E-state index contributed by atoms with van der Waals surface area (Å²) in [7, 11) is 0. The van der Waals surface area contributed by atoms with Crippen molar-refractivity contribution >= 4 is 29.0 Å². The van der Waals surface area contributed by atoms with E-state index < -0.39 is 23.8 Å². The van der Waals surface area contributed by atoms with Crippen LogP contribution in [0.25, 0.3) is 11.4 Å². The van der Waals surface area contributed by atoms with Crippen LogP contribution in [0.5, 0.6) is 0 Å². The van der Waals surface area contributed by atoms with E-state index in [0.29, 0.717) is 23.0 Å². The van der Waals surface area contributed by atoms with E-state index in [1.165, 1.54) is 88.0 Å². The third-order valence-corrected chi connectivity index (χ3v) is 12.6. The summed E-state index contributed by atoms with van der Waals surface area (Å²) < 4.78 is 0. The summed E-state index contributed by atoms with van der Waals surface area (Å²) in [4.78, 5) is 49.2. The van der Waals surface area contributed by atoms with E-state index in [4.69, 9.17) is 9.97 Å².